The monoisotopic (exact) mass is 370 g/mol. The lowest BCUT2D eigenvalue weighted by molar-refractivity contribution is 0.291. The largest absolute Gasteiger partial charge is 0.298 e. The van der Waals surface area contributed by atoms with Crippen LogP contribution in [0.1, 0.15) is 25.1 Å². The summed E-state index contributed by atoms with van der Waals surface area (Å²) in [5.41, 5.74) is 2.32. The van der Waals surface area contributed by atoms with Crippen LogP contribution in [0.15, 0.2) is 30.3 Å². The zero-order valence-corrected chi connectivity index (χ0v) is 13.5. The fraction of sp³-hybridized carbons (Fsp3) is 0.429. The molecule has 0 atom stereocenters. The molecule has 0 bridgehead atoms. The molecule has 1 heterocycles. The van der Waals surface area contributed by atoms with Crippen LogP contribution >= 0.6 is 22.6 Å². The minimum absolute atomic E-state index is 0.782. The van der Waals surface area contributed by atoms with Gasteiger partial charge in [0.25, 0.3) is 0 Å². The highest BCUT2D eigenvalue weighted by Gasteiger charge is 2.12. The molecule has 0 N–H and O–H groups in total. The van der Waals surface area contributed by atoms with Crippen LogP contribution < -0.4 is 0 Å². The van der Waals surface area contributed by atoms with E-state index in [0.717, 1.165) is 35.6 Å². The van der Waals surface area contributed by atoms with E-state index < -0.39 is 0 Å². The first-order chi connectivity index (χ1) is 9.24. The van der Waals surface area contributed by atoms with Crippen molar-refractivity contribution in [2.24, 2.45) is 0 Å². The normalized spacial score (nSPS) is 11.2. The molecule has 0 unspecified atom stereocenters. The quantitative estimate of drug-likeness (QED) is 0.734. The lowest BCUT2D eigenvalue weighted by atomic mass is 10.2. The maximum Gasteiger partial charge on any atom is 0.124 e. The molecule has 1 aromatic carbocycles. The van der Waals surface area contributed by atoms with E-state index in [1.807, 2.05) is 10.7 Å². The number of hydrogen-bond donors (Lipinski definition) is 0. The predicted molar refractivity (Wildman–Crippen MR) is 84.9 cm³/mol. The Balaban J connectivity index is 2.10. The van der Waals surface area contributed by atoms with Gasteiger partial charge in [-0.05, 0) is 41.2 Å². The number of nitrogens with zero attached hydrogens (tertiary/aromatic N) is 4. The predicted octanol–water partition coefficient (Wildman–Crippen LogP) is 2.77. The van der Waals surface area contributed by atoms with Gasteiger partial charge < -0.3 is 0 Å². The standard InChI is InChI=1S/C14H19IN4/c1-3-18(4-2)11-13-14(15)19(17-16-13)10-12-8-6-5-7-9-12/h5-9H,3-4,10-11H2,1-2H3. The van der Waals surface area contributed by atoms with Crippen molar-refractivity contribution in [1.82, 2.24) is 19.9 Å². The molecule has 0 aliphatic carbocycles. The summed E-state index contributed by atoms with van der Waals surface area (Å²) in [4.78, 5) is 2.35. The summed E-state index contributed by atoms with van der Waals surface area (Å²) < 4.78 is 3.10. The van der Waals surface area contributed by atoms with Crippen molar-refractivity contribution < 1.29 is 0 Å². The fourth-order valence-electron chi connectivity index (χ4n) is 1.95. The van der Waals surface area contributed by atoms with Crippen LogP contribution in [0.2, 0.25) is 0 Å². The molecule has 102 valence electrons. The van der Waals surface area contributed by atoms with Crippen LogP contribution in [0, 0.1) is 3.70 Å². The van der Waals surface area contributed by atoms with Gasteiger partial charge >= 0.3 is 0 Å². The first kappa shape index (κ1) is 14.5. The first-order valence-electron chi connectivity index (χ1n) is 6.58. The van der Waals surface area contributed by atoms with E-state index in [4.69, 9.17) is 0 Å². The molecule has 0 amide bonds. The van der Waals surface area contributed by atoms with Crippen LogP contribution in [-0.2, 0) is 13.1 Å². The van der Waals surface area contributed by atoms with E-state index in [-0.39, 0.29) is 0 Å². The topological polar surface area (TPSA) is 34.0 Å². The fourth-order valence-corrected chi connectivity index (χ4v) is 2.50. The molecule has 5 heteroatoms. The molecule has 1 aromatic heterocycles. The van der Waals surface area contributed by atoms with Gasteiger partial charge in [0.05, 0.1) is 6.54 Å². The van der Waals surface area contributed by atoms with Crippen LogP contribution in [0.25, 0.3) is 0 Å². The summed E-state index contributed by atoms with van der Waals surface area (Å²) in [7, 11) is 0. The minimum Gasteiger partial charge on any atom is -0.298 e. The van der Waals surface area contributed by atoms with Gasteiger partial charge in [-0.1, -0.05) is 49.4 Å². The molecule has 0 saturated heterocycles. The summed E-state index contributed by atoms with van der Waals surface area (Å²) >= 11 is 2.34. The molecule has 0 fully saturated rings. The molecule has 0 aliphatic heterocycles. The van der Waals surface area contributed by atoms with Crippen molar-refractivity contribution in [2.75, 3.05) is 13.1 Å². The Labute approximate surface area is 127 Å². The van der Waals surface area contributed by atoms with Crippen molar-refractivity contribution >= 4 is 22.6 Å². The van der Waals surface area contributed by atoms with Gasteiger partial charge in [0.2, 0.25) is 0 Å². The van der Waals surface area contributed by atoms with Crippen molar-refractivity contribution in [1.29, 1.82) is 0 Å². The first-order valence-corrected chi connectivity index (χ1v) is 7.66. The summed E-state index contributed by atoms with van der Waals surface area (Å²) in [6.45, 7) is 8.08. The third-order valence-electron chi connectivity index (χ3n) is 3.18. The molecule has 0 aliphatic rings. The molecule has 2 rings (SSSR count). The van der Waals surface area contributed by atoms with Crippen LogP contribution in [0.3, 0.4) is 0 Å². The van der Waals surface area contributed by atoms with Gasteiger partial charge in [0.15, 0.2) is 0 Å². The molecular weight excluding hydrogens is 351 g/mol. The Morgan fingerprint density at radius 2 is 1.84 bits per heavy atom. The van der Waals surface area contributed by atoms with Crippen molar-refractivity contribution in [3.8, 4) is 0 Å². The average Bonchev–Trinajstić information content (AvgIpc) is 2.78. The second-order valence-corrected chi connectivity index (χ2v) is 5.45. The van der Waals surface area contributed by atoms with E-state index in [9.17, 15) is 0 Å². The minimum atomic E-state index is 0.782. The van der Waals surface area contributed by atoms with Gasteiger partial charge in [-0.25, -0.2) is 4.68 Å². The van der Waals surface area contributed by atoms with Crippen molar-refractivity contribution in [3.05, 3.63) is 45.3 Å². The van der Waals surface area contributed by atoms with Gasteiger partial charge in [-0.3, -0.25) is 4.90 Å². The second-order valence-electron chi connectivity index (χ2n) is 4.43. The lowest BCUT2D eigenvalue weighted by Gasteiger charge is -2.16. The Hall–Kier alpha value is -0.950. The Morgan fingerprint density at radius 3 is 2.47 bits per heavy atom. The summed E-state index contributed by atoms with van der Waals surface area (Å²) in [6, 6.07) is 10.4. The zero-order valence-electron chi connectivity index (χ0n) is 11.4. The molecule has 0 radical (unpaired) electrons. The smallest absolute Gasteiger partial charge is 0.124 e. The van der Waals surface area contributed by atoms with E-state index >= 15 is 0 Å². The Morgan fingerprint density at radius 1 is 1.16 bits per heavy atom. The van der Waals surface area contributed by atoms with E-state index in [2.05, 4.69) is 75.9 Å². The lowest BCUT2D eigenvalue weighted by Crippen LogP contribution is -2.23. The average molecular weight is 370 g/mol. The van der Waals surface area contributed by atoms with Gasteiger partial charge in [0, 0.05) is 6.54 Å². The maximum absolute atomic E-state index is 4.31. The number of benzene rings is 1. The molecule has 0 spiro atoms. The molecule has 0 saturated carbocycles. The summed E-state index contributed by atoms with van der Waals surface area (Å²) in [5, 5.41) is 8.58. The van der Waals surface area contributed by atoms with Crippen LogP contribution in [0.4, 0.5) is 0 Å². The molecule has 2 aromatic rings. The SMILES string of the molecule is CCN(CC)Cc1nnn(Cc2ccccc2)c1I. The van der Waals surface area contributed by atoms with Crippen molar-refractivity contribution in [3.63, 3.8) is 0 Å². The van der Waals surface area contributed by atoms with E-state index in [1.54, 1.807) is 0 Å². The number of halogens is 1. The van der Waals surface area contributed by atoms with Gasteiger partial charge in [-0.2, -0.15) is 0 Å². The molecular formula is C14H19IN4. The maximum atomic E-state index is 4.31. The van der Waals surface area contributed by atoms with E-state index in [0.29, 0.717) is 0 Å². The Kier molecular flexibility index (Phi) is 5.33. The van der Waals surface area contributed by atoms with Crippen LogP contribution in [0.5, 0.6) is 0 Å². The third-order valence-corrected chi connectivity index (χ3v) is 4.36. The van der Waals surface area contributed by atoms with Crippen LogP contribution in [-0.4, -0.2) is 33.0 Å². The Bertz CT molecular complexity index is 505. The highest BCUT2D eigenvalue weighted by Crippen LogP contribution is 2.13. The number of hydrogen-bond acceptors (Lipinski definition) is 3. The third kappa shape index (κ3) is 3.76. The number of rotatable bonds is 6. The van der Waals surface area contributed by atoms with Crippen molar-refractivity contribution in [2.45, 2.75) is 26.9 Å². The zero-order chi connectivity index (χ0) is 13.7. The molecule has 19 heavy (non-hydrogen) atoms. The summed E-state index contributed by atoms with van der Waals surface area (Å²) in [5.74, 6) is 0. The van der Waals surface area contributed by atoms with E-state index in [1.165, 1.54) is 5.56 Å². The summed E-state index contributed by atoms with van der Waals surface area (Å²) in [6.07, 6.45) is 0. The van der Waals surface area contributed by atoms with Gasteiger partial charge in [-0.15, -0.1) is 5.10 Å². The molecule has 4 nitrogen and oxygen atoms in total. The highest BCUT2D eigenvalue weighted by atomic mass is 127. The van der Waals surface area contributed by atoms with Gasteiger partial charge in [0.1, 0.15) is 9.39 Å². The number of aromatic nitrogens is 3. The second kappa shape index (κ2) is 7.00. The highest BCUT2D eigenvalue weighted by molar-refractivity contribution is 14.1.